The quantitative estimate of drug-likeness (QED) is 0.600. The Balaban J connectivity index is 2.33. The zero-order valence-electron chi connectivity index (χ0n) is 8.69. The largest absolute Gasteiger partial charge is 0.448 e. The molecular formula is C9H17NO4. The highest BCUT2D eigenvalue weighted by Gasteiger charge is 2.25. The lowest BCUT2D eigenvalue weighted by Gasteiger charge is -2.21. The Bertz CT molecular complexity index is 180. The number of carbonyl (C=O) groups excluding carboxylic acids is 1. The van der Waals surface area contributed by atoms with Gasteiger partial charge in [-0.3, -0.25) is 4.90 Å². The minimum absolute atomic E-state index is 0.283. The lowest BCUT2D eigenvalue weighted by molar-refractivity contribution is -0.142. The molecule has 0 N–H and O–H groups in total. The number of amides is 1. The van der Waals surface area contributed by atoms with E-state index in [0.29, 0.717) is 32.9 Å². The molecule has 5 heteroatoms. The smallest absolute Gasteiger partial charge is 0.410 e. The highest BCUT2D eigenvalue weighted by molar-refractivity contribution is 5.69. The van der Waals surface area contributed by atoms with E-state index in [2.05, 4.69) is 0 Å². The van der Waals surface area contributed by atoms with E-state index in [1.807, 2.05) is 13.8 Å². The summed E-state index contributed by atoms with van der Waals surface area (Å²) >= 11 is 0. The first-order chi connectivity index (χ1) is 6.77. The fourth-order valence-electron chi connectivity index (χ4n) is 1.30. The first-order valence-electron chi connectivity index (χ1n) is 4.92. The molecular weight excluding hydrogens is 186 g/mol. The lowest BCUT2D eigenvalue weighted by Crippen LogP contribution is -2.36. The number of nitrogens with zero attached hydrogens (tertiary/aromatic N) is 1. The summed E-state index contributed by atoms with van der Waals surface area (Å²) in [4.78, 5) is 12.7. The van der Waals surface area contributed by atoms with Crippen LogP contribution in [0.3, 0.4) is 0 Å². The summed E-state index contributed by atoms with van der Waals surface area (Å²) in [5.41, 5.74) is 0. The number of rotatable bonds is 6. The average molecular weight is 203 g/mol. The zero-order chi connectivity index (χ0) is 10.4. The molecule has 0 saturated carbocycles. The third-order valence-electron chi connectivity index (χ3n) is 1.92. The summed E-state index contributed by atoms with van der Waals surface area (Å²) in [6, 6.07) is 0. The van der Waals surface area contributed by atoms with Gasteiger partial charge in [0.15, 0.2) is 6.29 Å². The molecule has 0 unspecified atom stereocenters. The molecule has 0 radical (unpaired) electrons. The molecule has 1 aliphatic rings. The van der Waals surface area contributed by atoms with Crippen molar-refractivity contribution in [1.82, 2.24) is 4.90 Å². The number of ether oxygens (including phenoxy) is 3. The molecule has 0 bridgehead atoms. The SMILES string of the molecule is CCOC(CN1CCOC1=O)OCC. The van der Waals surface area contributed by atoms with Crippen LogP contribution >= 0.6 is 0 Å². The second-order valence-corrected chi connectivity index (χ2v) is 2.90. The van der Waals surface area contributed by atoms with Crippen molar-refractivity contribution in [3.05, 3.63) is 0 Å². The van der Waals surface area contributed by atoms with E-state index < -0.39 is 0 Å². The maximum Gasteiger partial charge on any atom is 0.410 e. The van der Waals surface area contributed by atoms with Crippen molar-refractivity contribution in [3.63, 3.8) is 0 Å². The van der Waals surface area contributed by atoms with Gasteiger partial charge in [-0.2, -0.15) is 0 Å². The maximum absolute atomic E-state index is 11.1. The van der Waals surface area contributed by atoms with Crippen LogP contribution < -0.4 is 0 Å². The molecule has 5 nitrogen and oxygen atoms in total. The fraction of sp³-hybridized carbons (Fsp3) is 0.889. The average Bonchev–Trinajstić information content (AvgIpc) is 2.53. The third kappa shape index (κ3) is 3.16. The summed E-state index contributed by atoms with van der Waals surface area (Å²) in [6.45, 7) is 6.48. The van der Waals surface area contributed by atoms with E-state index in [1.54, 1.807) is 4.90 Å². The van der Waals surface area contributed by atoms with Crippen molar-refractivity contribution in [2.45, 2.75) is 20.1 Å². The van der Waals surface area contributed by atoms with Crippen molar-refractivity contribution in [1.29, 1.82) is 0 Å². The van der Waals surface area contributed by atoms with E-state index in [0.717, 1.165) is 0 Å². The molecule has 1 heterocycles. The fourth-order valence-corrected chi connectivity index (χ4v) is 1.30. The van der Waals surface area contributed by atoms with Gasteiger partial charge in [-0.05, 0) is 13.8 Å². The van der Waals surface area contributed by atoms with Gasteiger partial charge in [-0.25, -0.2) is 4.79 Å². The van der Waals surface area contributed by atoms with E-state index in [4.69, 9.17) is 14.2 Å². The van der Waals surface area contributed by atoms with Crippen molar-refractivity contribution < 1.29 is 19.0 Å². The monoisotopic (exact) mass is 203 g/mol. The summed E-state index contributed by atoms with van der Waals surface area (Å²) in [5, 5.41) is 0. The Morgan fingerprint density at radius 2 is 2.07 bits per heavy atom. The summed E-state index contributed by atoms with van der Waals surface area (Å²) in [6.07, 6.45) is -0.620. The van der Waals surface area contributed by atoms with E-state index in [-0.39, 0.29) is 12.4 Å². The normalized spacial score (nSPS) is 16.5. The van der Waals surface area contributed by atoms with Gasteiger partial charge in [-0.15, -0.1) is 0 Å². The van der Waals surface area contributed by atoms with Gasteiger partial charge in [0.2, 0.25) is 0 Å². The summed E-state index contributed by atoms with van der Waals surface area (Å²) < 4.78 is 15.4. The highest BCUT2D eigenvalue weighted by atomic mass is 16.7. The number of hydrogen-bond acceptors (Lipinski definition) is 4. The van der Waals surface area contributed by atoms with Gasteiger partial charge in [0.25, 0.3) is 0 Å². The van der Waals surface area contributed by atoms with Gasteiger partial charge in [0, 0.05) is 13.2 Å². The van der Waals surface area contributed by atoms with Gasteiger partial charge in [-0.1, -0.05) is 0 Å². The van der Waals surface area contributed by atoms with Crippen molar-refractivity contribution in [2.75, 3.05) is 32.9 Å². The van der Waals surface area contributed by atoms with E-state index in [9.17, 15) is 4.79 Å². The van der Waals surface area contributed by atoms with Crippen LogP contribution in [0.5, 0.6) is 0 Å². The Labute approximate surface area is 83.9 Å². The summed E-state index contributed by atoms with van der Waals surface area (Å²) in [5.74, 6) is 0. The summed E-state index contributed by atoms with van der Waals surface area (Å²) in [7, 11) is 0. The first kappa shape index (κ1) is 11.3. The molecule has 1 saturated heterocycles. The molecule has 1 aliphatic heterocycles. The van der Waals surface area contributed by atoms with Crippen LogP contribution in [-0.2, 0) is 14.2 Å². The Morgan fingerprint density at radius 1 is 1.43 bits per heavy atom. The Morgan fingerprint density at radius 3 is 2.50 bits per heavy atom. The molecule has 82 valence electrons. The van der Waals surface area contributed by atoms with Crippen molar-refractivity contribution in [2.24, 2.45) is 0 Å². The molecule has 0 aromatic heterocycles. The van der Waals surface area contributed by atoms with Crippen LogP contribution in [0.15, 0.2) is 0 Å². The molecule has 1 fully saturated rings. The number of carbonyl (C=O) groups is 1. The predicted molar refractivity (Wildman–Crippen MR) is 50.0 cm³/mol. The molecule has 1 rings (SSSR count). The topological polar surface area (TPSA) is 48.0 Å². The van der Waals surface area contributed by atoms with Crippen LogP contribution in [-0.4, -0.2) is 50.2 Å². The van der Waals surface area contributed by atoms with Crippen LogP contribution in [0, 0.1) is 0 Å². The zero-order valence-corrected chi connectivity index (χ0v) is 8.69. The van der Waals surface area contributed by atoms with Crippen LogP contribution in [0.4, 0.5) is 4.79 Å². The Hall–Kier alpha value is -0.810. The van der Waals surface area contributed by atoms with Crippen LogP contribution in [0.2, 0.25) is 0 Å². The maximum atomic E-state index is 11.1. The molecule has 0 spiro atoms. The molecule has 14 heavy (non-hydrogen) atoms. The van der Waals surface area contributed by atoms with Crippen LogP contribution in [0.1, 0.15) is 13.8 Å². The predicted octanol–water partition coefficient (Wildman–Crippen LogP) is 0.838. The minimum Gasteiger partial charge on any atom is -0.448 e. The molecule has 1 amide bonds. The molecule has 0 aromatic carbocycles. The van der Waals surface area contributed by atoms with Crippen molar-refractivity contribution >= 4 is 6.09 Å². The van der Waals surface area contributed by atoms with Gasteiger partial charge in [0.05, 0.1) is 13.1 Å². The second kappa shape index (κ2) is 5.82. The van der Waals surface area contributed by atoms with Crippen LogP contribution in [0.25, 0.3) is 0 Å². The number of hydrogen-bond donors (Lipinski definition) is 0. The molecule has 0 aliphatic carbocycles. The van der Waals surface area contributed by atoms with E-state index in [1.165, 1.54) is 0 Å². The number of cyclic esters (lactones) is 1. The second-order valence-electron chi connectivity index (χ2n) is 2.90. The third-order valence-corrected chi connectivity index (χ3v) is 1.92. The van der Waals surface area contributed by atoms with Gasteiger partial charge in [0.1, 0.15) is 6.61 Å². The highest BCUT2D eigenvalue weighted by Crippen LogP contribution is 2.06. The van der Waals surface area contributed by atoms with Crippen molar-refractivity contribution in [3.8, 4) is 0 Å². The first-order valence-corrected chi connectivity index (χ1v) is 4.92. The standard InChI is InChI=1S/C9H17NO4/c1-3-12-8(13-4-2)7-10-5-6-14-9(10)11/h8H,3-7H2,1-2H3. The lowest BCUT2D eigenvalue weighted by atomic mass is 10.5. The van der Waals surface area contributed by atoms with Gasteiger partial charge < -0.3 is 14.2 Å². The molecule has 0 atom stereocenters. The van der Waals surface area contributed by atoms with Gasteiger partial charge >= 0.3 is 6.09 Å². The molecule has 0 aromatic rings. The van der Waals surface area contributed by atoms with E-state index >= 15 is 0 Å². The Kier molecular flexibility index (Phi) is 4.69. The minimum atomic E-state index is -0.337.